The first-order valence-electron chi connectivity index (χ1n) is 7.33. The number of rotatable bonds is 3. The van der Waals surface area contributed by atoms with Gasteiger partial charge in [0.1, 0.15) is 0 Å². The van der Waals surface area contributed by atoms with Crippen LogP contribution in [0.4, 0.5) is 5.69 Å². The van der Waals surface area contributed by atoms with Crippen LogP contribution in [0.3, 0.4) is 0 Å². The standard InChI is InChI=1S/C16H13N3O4S2/c1-9-17-12-5-3-10(7-15(12)24-9)18-25(21,22)11-4-6-13-14(8-11)23-16(20)19(13)2/h3-8,18H,1-2H3. The molecule has 0 atom stereocenters. The lowest BCUT2D eigenvalue weighted by Gasteiger charge is -2.08. The van der Waals surface area contributed by atoms with Crippen molar-refractivity contribution in [2.75, 3.05) is 4.72 Å². The normalized spacial score (nSPS) is 12.1. The maximum absolute atomic E-state index is 12.6. The number of nitrogens with zero attached hydrogens (tertiary/aromatic N) is 2. The average Bonchev–Trinajstić information content (AvgIpc) is 3.05. The Morgan fingerprint density at radius 3 is 2.80 bits per heavy atom. The van der Waals surface area contributed by atoms with Crippen LogP contribution in [0.5, 0.6) is 0 Å². The van der Waals surface area contributed by atoms with E-state index in [9.17, 15) is 13.2 Å². The molecule has 2 heterocycles. The van der Waals surface area contributed by atoms with E-state index >= 15 is 0 Å². The molecule has 0 aliphatic heterocycles. The van der Waals surface area contributed by atoms with Gasteiger partial charge in [-0.05, 0) is 37.3 Å². The van der Waals surface area contributed by atoms with Gasteiger partial charge in [0.15, 0.2) is 5.58 Å². The highest BCUT2D eigenvalue weighted by molar-refractivity contribution is 7.92. The quantitative estimate of drug-likeness (QED) is 0.594. The van der Waals surface area contributed by atoms with E-state index in [1.54, 1.807) is 31.3 Å². The zero-order valence-electron chi connectivity index (χ0n) is 13.3. The van der Waals surface area contributed by atoms with Gasteiger partial charge < -0.3 is 4.42 Å². The van der Waals surface area contributed by atoms with Crippen molar-refractivity contribution in [3.05, 3.63) is 52.0 Å². The lowest BCUT2D eigenvalue weighted by Crippen LogP contribution is -2.12. The number of benzene rings is 2. The van der Waals surface area contributed by atoms with E-state index in [0.29, 0.717) is 11.2 Å². The van der Waals surface area contributed by atoms with Gasteiger partial charge in [-0.25, -0.2) is 18.2 Å². The summed E-state index contributed by atoms with van der Waals surface area (Å²) in [6.45, 7) is 1.90. The van der Waals surface area contributed by atoms with Crippen molar-refractivity contribution in [1.29, 1.82) is 0 Å². The Labute approximate surface area is 146 Å². The zero-order chi connectivity index (χ0) is 17.8. The number of oxazole rings is 1. The molecule has 128 valence electrons. The predicted molar refractivity (Wildman–Crippen MR) is 96.6 cm³/mol. The molecule has 2 aromatic heterocycles. The maximum atomic E-state index is 12.6. The van der Waals surface area contributed by atoms with E-state index in [0.717, 1.165) is 15.2 Å². The molecule has 9 heteroatoms. The molecule has 0 aliphatic carbocycles. The maximum Gasteiger partial charge on any atom is 0.419 e. The minimum atomic E-state index is -3.81. The first-order valence-corrected chi connectivity index (χ1v) is 9.63. The SMILES string of the molecule is Cc1nc2ccc(NS(=O)(=O)c3ccc4c(c3)oc(=O)n4C)cc2s1. The van der Waals surface area contributed by atoms with Crippen molar-refractivity contribution < 1.29 is 12.8 Å². The number of aromatic nitrogens is 2. The van der Waals surface area contributed by atoms with Crippen LogP contribution >= 0.6 is 11.3 Å². The van der Waals surface area contributed by atoms with Crippen molar-refractivity contribution in [3.63, 3.8) is 0 Å². The first kappa shape index (κ1) is 15.9. The molecule has 4 aromatic rings. The van der Waals surface area contributed by atoms with Gasteiger partial charge in [0.05, 0.1) is 31.3 Å². The second-order valence-corrected chi connectivity index (χ2v) is 8.49. The van der Waals surface area contributed by atoms with E-state index in [1.165, 1.54) is 28.0 Å². The molecule has 2 aromatic carbocycles. The van der Waals surface area contributed by atoms with Crippen molar-refractivity contribution in [1.82, 2.24) is 9.55 Å². The number of anilines is 1. The third-order valence-electron chi connectivity index (χ3n) is 3.82. The molecule has 0 bridgehead atoms. The summed E-state index contributed by atoms with van der Waals surface area (Å²) < 4.78 is 35.1. The average molecular weight is 375 g/mol. The molecule has 0 amide bonds. The largest absolute Gasteiger partial charge is 0.419 e. The Bertz CT molecular complexity index is 1280. The number of aryl methyl sites for hydroxylation is 2. The summed E-state index contributed by atoms with van der Waals surface area (Å²) in [5.74, 6) is -0.538. The molecule has 0 spiro atoms. The number of nitrogens with one attached hydrogen (secondary N) is 1. The number of thiazole rings is 1. The third kappa shape index (κ3) is 2.71. The fourth-order valence-electron chi connectivity index (χ4n) is 2.60. The van der Waals surface area contributed by atoms with Gasteiger partial charge in [0.25, 0.3) is 10.0 Å². The fraction of sp³-hybridized carbons (Fsp3) is 0.125. The van der Waals surface area contributed by atoms with Gasteiger partial charge in [-0.1, -0.05) is 0 Å². The van der Waals surface area contributed by atoms with Crippen LogP contribution in [0.2, 0.25) is 0 Å². The van der Waals surface area contributed by atoms with Gasteiger partial charge in [-0.3, -0.25) is 9.29 Å². The highest BCUT2D eigenvalue weighted by atomic mass is 32.2. The third-order valence-corrected chi connectivity index (χ3v) is 6.13. The summed E-state index contributed by atoms with van der Waals surface area (Å²) in [6.07, 6.45) is 0. The van der Waals surface area contributed by atoms with Gasteiger partial charge in [-0.2, -0.15) is 0 Å². The van der Waals surface area contributed by atoms with E-state index in [-0.39, 0.29) is 10.5 Å². The van der Waals surface area contributed by atoms with Crippen LogP contribution in [-0.2, 0) is 17.1 Å². The Balaban J connectivity index is 1.73. The van der Waals surface area contributed by atoms with Gasteiger partial charge >= 0.3 is 5.76 Å². The number of fused-ring (bicyclic) bond motifs is 2. The first-order chi connectivity index (χ1) is 11.8. The van der Waals surface area contributed by atoms with Crippen molar-refractivity contribution in [3.8, 4) is 0 Å². The molecule has 0 aliphatic rings. The van der Waals surface area contributed by atoms with E-state index in [4.69, 9.17) is 4.42 Å². The number of sulfonamides is 1. The lowest BCUT2D eigenvalue weighted by atomic mass is 10.3. The summed E-state index contributed by atoms with van der Waals surface area (Å²) >= 11 is 1.50. The van der Waals surface area contributed by atoms with Gasteiger partial charge in [-0.15, -0.1) is 11.3 Å². The molecular weight excluding hydrogens is 362 g/mol. The van der Waals surface area contributed by atoms with E-state index in [2.05, 4.69) is 9.71 Å². The minimum absolute atomic E-state index is 0.0231. The fourth-order valence-corrected chi connectivity index (χ4v) is 4.53. The molecule has 7 nitrogen and oxygen atoms in total. The summed E-state index contributed by atoms with van der Waals surface area (Å²) in [7, 11) is -2.24. The molecule has 0 saturated carbocycles. The Morgan fingerprint density at radius 2 is 2.00 bits per heavy atom. The summed E-state index contributed by atoms with van der Waals surface area (Å²) in [6, 6.07) is 9.52. The molecule has 0 radical (unpaired) electrons. The Kier molecular flexibility index (Phi) is 3.44. The van der Waals surface area contributed by atoms with Crippen LogP contribution in [-0.4, -0.2) is 18.0 Å². The van der Waals surface area contributed by atoms with Gasteiger partial charge in [0, 0.05) is 13.1 Å². The second-order valence-electron chi connectivity index (χ2n) is 5.58. The van der Waals surface area contributed by atoms with Crippen LogP contribution < -0.4 is 10.5 Å². The second kappa shape index (κ2) is 5.43. The summed E-state index contributed by atoms with van der Waals surface area (Å²) in [5.41, 5.74) is 2.04. The van der Waals surface area contributed by atoms with E-state index in [1.807, 2.05) is 6.92 Å². The Hall–Kier alpha value is -2.65. The highest BCUT2D eigenvalue weighted by Gasteiger charge is 2.17. The molecule has 4 rings (SSSR count). The zero-order valence-corrected chi connectivity index (χ0v) is 14.9. The number of hydrogen-bond acceptors (Lipinski definition) is 6. The smallest absolute Gasteiger partial charge is 0.408 e. The van der Waals surface area contributed by atoms with Crippen LogP contribution in [0, 0.1) is 6.92 Å². The topological polar surface area (TPSA) is 94.2 Å². The van der Waals surface area contributed by atoms with Crippen molar-refractivity contribution >= 4 is 48.4 Å². The molecule has 25 heavy (non-hydrogen) atoms. The Morgan fingerprint density at radius 1 is 1.20 bits per heavy atom. The van der Waals surface area contributed by atoms with Crippen molar-refractivity contribution in [2.24, 2.45) is 7.05 Å². The molecule has 1 N–H and O–H groups in total. The van der Waals surface area contributed by atoms with Gasteiger partial charge in [0.2, 0.25) is 0 Å². The highest BCUT2D eigenvalue weighted by Crippen LogP contribution is 2.26. The summed E-state index contributed by atoms with van der Waals surface area (Å²) in [4.78, 5) is 15.9. The van der Waals surface area contributed by atoms with Crippen LogP contribution in [0.1, 0.15) is 5.01 Å². The van der Waals surface area contributed by atoms with Crippen LogP contribution in [0.15, 0.2) is 50.5 Å². The number of hydrogen-bond donors (Lipinski definition) is 1. The molecule has 0 saturated heterocycles. The molecular formula is C16H13N3O4S2. The lowest BCUT2D eigenvalue weighted by molar-refractivity contribution is 0.527. The molecule has 0 unspecified atom stereocenters. The van der Waals surface area contributed by atoms with E-state index < -0.39 is 15.8 Å². The van der Waals surface area contributed by atoms with Crippen molar-refractivity contribution in [2.45, 2.75) is 11.8 Å². The monoisotopic (exact) mass is 375 g/mol. The molecule has 0 fully saturated rings. The minimum Gasteiger partial charge on any atom is -0.408 e. The van der Waals surface area contributed by atoms with Crippen LogP contribution in [0.25, 0.3) is 21.3 Å². The predicted octanol–water partition coefficient (Wildman–Crippen LogP) is 2.85. The summed E-state index contributed by atoms with van der Waals surface area (Å²) in [5, 5.41) is 0.916.